The molecule has 0 aliphatic rings. The summed E-state index contributed by atoms with van der Waals surface area (Å²) in [5.41, 5.74) is 0.884. The first-order valence-electron chi connectivity index (χ1n) is 6.59. The monoisotopic (exact) mass is 282 g/mol. The second-order valence-electron chi connectivity index (χ2n) is 4.06. The molecule has 106 valence electrons. The van der Waals surface area contributed by atoms with E-state index in [0.717, 1.165) is 30.0 Å². The highest BCUT2D eigenvalue weighted by Gasteiger charge is 2.07. The van der Waals surface area contributed by atoms with Crippen LogP contribution in [0, 0.1) is 0 Å². The van der Waals surface area contributed by atoms with Crippen LogP contribution in [-0.4, -0.2) is 25.4 Å². The topological polar surface area (TPSA) is 42.5 Å². The van der Waals surface area contributed by atoms with Gasteiger partial charge in [-0.05, 0) is 37.2 Å². The van der Waals surface area contributed by atoms with Crippen LogP contribution in [0.2, 0.25) is 0 Å². The van der Waals surface area contributed by atoms with Crippen molar-refractivity contribution in [2.75, 3.05) is 25.6 Å². The van der Waals surface area contributed by atoms with Gasteiger partial charge in [-0.1, -0.05) is 13.8 Å². The highest BCUT2D eigenvalue weighted by atomic mass is 32.1. The molecule has 1 aromatic carbocycles. The van der Waals surface area contributed by atoms with Crippen LogP contribution in [0.5, 0.6) is 11.5 Å². The first kappa shape index (κ1) is 15.6. The van der Waals surface area contributed by atoms with E-state index in [-0.39, 0.29) is 0 Å². The van der Waals surface area contributed by atoms with Crippen molar-refractivity contribution in [3.8, 4) is 11.5 Å². The van der Waals surface area contributed by atoms with Crippen LogP contribution in [0.4, 0.5) is 5.69 Å². The van der Waals surface area contributed by atoms with Crippen LogP contribution in [0.1, 0.15) is 26.7 Å². The van der Waals surface area contributed by atoms with E-state index in [0.29, 0.717) is 18.3 Å². The number of rotatable bonds is 7. The summed E-state index contributed by atoms with van der Waals surface area (Å²) in [7, 11) is 1.78. The minimum atomic E-state index is 0.573. The molecule has 0 spiro atoms. The Morgan fingerprint density at radius 3 is 2.32 bits per heavy atom. The Hall–Kier alpha value is -1.49. The molecule has 0 fully saturated rings. The average molecular weight is 282 g/mol. The first-order chi connectivity index (χ1) is 9.21. The second kappa shape index (κ2) is 8.58. The van der Waals surface area contributed by atoms with E-state index in [1.807, 2.05) is 18.2 Å². The van der Waals surface area contributed by atoms with Crippen molar-refractivity contribution in [3.05, 3.63) is 18.2 Å². The number of hydrogen-bond acceptors (Lipinski definition) is 3. The Labute approximate surface area is 120 Å². The molecule has 0 saturated carbocycles. The summed E-state index contributed by atoms with van der Waals surface area (Å²) in [4.78, 5) is 0. The molecule has 0 amide bonds. The van der Waals surface area contributed by atoms with Gasteiger partial charge in [0.05, 0.1) is 13.2 Å². The van der Waals surface area contributed by atoms with Crippen LogP contribution < -0.4 is 20.1 Å². The van der Waals surface area contributed by atoms with E-state index in [9.17, 15) is 0 Å². The van der Waals surface area contributed by atoms with Crippen molar-refractivity contribution >= 4 is 23.0 Å². The van der Waals surface area contributed by atoms with Crippen LogP contribution in [0.25, 0.3) is 0 Å². The SMILES string of the molecule is CCCOc1ccc(NC(=S)NC)cc1OCCC. The lowest BCUT2D eigenvalue weighted by Crippen LogP contribution is -2.24. The van der Waals surface area contributed by atoms with Gasteiger partial charge in [-0.2, -0.15) is 0 Å². The average Bonchev–Trinajstić information content (AvgIpc) is 2.43. The second-order valence-corrected chi connectivity index (χ2v) is 4.47. The molecule has 0 aliphatic heterocycles. The molecule has 5 heteroatoms. The van der Waals surface area contributed by atoms with Crippen molar-refractivity contribution < 1.29 is 9.47 Å². The van der Waals surface area contributed by atoms with Crippen molar-refractivity contribution in [2.24, 2.45) is 0 Å². The van der Waals surface area contributed by atoms with Gasteiger partial charge < -0.3 is 20.1 Å². The largest absolute Gasteiger partial charge is 0.490 e. The summed E-state index contributed by atoms with van der Waals surface area (Å²) in [6, 6.07) is 5.74. The minimum absolute atomic E-state index is 0.573. The zero-order chi connectivity index (χ0) is 14.1. The van der Waals surface area contributed by atoms with Crippen LogP contribution >= 0.6 is 12.2 Å². The van der Waals surface area contributed by atoms with Gasteiger partial charge in [0.1, 0.15) is 0 Å². The maximum Gasteiger partial charge on any atom is 0.170 e. The maximum atomic E-state index is 5.71. The molecule has 19 heavy (non-hydrogen) atoms. The van der Waals surface area contributed by atoms with Crippen LogP contribution in [-0.2, 0) is 0 Å². The molecule has 1 aromatic rings. The summed E-state index contributed by atoms with van der Waals surface area (Å²) < 4.78 is 11.4. The molecule has 0 atom stereocenters. The first-order valence-corrected chi connectivity index (χ1v) is 7.00. The lowest BCUT2D eigenvalue weighted by Gasteiger charge is -2.14. The Kier molecular flexibility index (Phi) is 7.03. The fraction of sp³-hybridized carbons (Fsp3) is 0.500. The Bertz CT molecular complexity index is 410. The van der Waals surface area contributed by atoms with Crippen LogP contribution in [0.3, 0.4) is 0 Å². The highest BCUT2D eigenvalue weighted by Crippen LogP contribution is 2.30. The normalized spacial score (nSPS) is 9.84. The molecule has 0 heterocycles. The summed E-state index contributed by atoms with van der Waals surface area (Å²) in [5, 5.41) is 6.52. The summed E-state index contributed by atoms with van der Waals surface area (Å²) >= 11 is 5.08. The van der Waals surface area contributed by atoms with E-state index in [4.69, 9.17) is 21.7 Å². The summed E-state index contributed by atoms with van der Waals surface area (Å²) in [6.45, 7) is 5.51. The number of ether oxygens (including phenoxy) is 2. The highest BCUT2D eigenvalue weighted by molar-refractivity contribution is 7.80. The Morgan fingerprint density at radius 2 is 1.74 bits per heavy atom. The molecule has 1 rings (SSSR count). The number of anilines is 1. The number of nitrogens with one attached hydrogen (secondary N) is 2. The molecule has 0 bridgehead atoms. The molecule has 2 N–H and O–H groups in total. The molecular weight excluding hydrogens is 260 g/mol. The summed E-state index contributed by atoms with van der Waals surface area (Å²) in [6.07, 6.45) is 1.93. The molecule has 4 nitrogen and oxygen atoms in total. The third-order valence-corrected chi connectivity index (χ3v) is 2.66. The smallest absolute Gasteiger partial charge is 0.170 e. The zero-order valence-corrected chi connectivity index (χ0v) is 12.6. The van der Waals surface area contributed by atoms with Gasteiger partial charge in [0, 0.05) is 18.8 Å². The zero-order valence-electron chi connectivity index (χ0n) is 11.8. The van der Waals surface area contributed by atoms with Crippen molar-refractivity contribution in [1.29, 1.82) is 0 Å². The molecule has 0 aromatic heterocycles. The number of benzene rings is 1. The number of hydrogen-bond donors (Lipinski definition) is 2. The Balaban J connectivity index is 2.83. The van der Waals surface area contributed by atoms with Crippen molar-refractivity contribution in [1.82, 2.24) is 5.32 Å². The fourth-order valence-electron chi connectivity index (χ4n) is 1.44. The van der Waals surface area contributed by atoms with E-state index in [2.05, 4.69) is 24.5 Å². The number of thiocarbonyl (C=S) groups is 1. The van der Waals surface area contributed by atoms with Crippen molar-refractivity contribution in [2.45, 2.75) is 26.7 Å². The van der Waals surface area contributed by atoms with Gasteiger partial charge in [0.15, 0.2) is 16.6 Å². The van der Waals surface area contributed by atoms with Gasteiger partial charge in [0.2, 0.25) is 0 Å². The standard InChI is InChI=1S/C14H22N2O2S/c1-4-8-17-12-7-6-11(16-14(19)15-3)10-13(12)18-9-5-2/h6-7,10H,4-5,8-9H2,1-3H3,(H2,15,16,19). The predicted molar refractivity (Wildman–Crippen MR) is 83.3 cm³/mol. The van der Waals surface area contributed by atoms with Gasteiger partial charge in [-0.3, -0.25) is 0 Å². The van der Waals surface area contributed by atoms with E-state index < -0.39 is 0 Å². The molecule has 0 radical (unpaired) electrons. The van der Waals surface area contributed by atoms with Gasteiger partial charge in [0.25, 0.3) is 0 Å². The molecule has 0 saturated heterocycles. The molecule has 0 unspecified atom stereocenters. The van der Waals surface area contributed by atoms with Crippen molar-refractivity contribution in [3.63, 3.8) is 0 Å². The van der Waals surface area contributed by atoms with Gasteiger partial charge >= 0.3 is 0 Å². The molecular formula is C14H22N2O2S. The molecule has 0 aliphatic carbocycles. The lowest BCUT2D eigenvalue weighted by molar-refractivity contribution is 0.268. The predicted octanol–water partition coefficient (Wildman–Crippen LogP) is 3.18. The fourth-order valence-corrected chi connectivity index (χ4v) is 1.55. The van der Waals surface area contributed by atoms with Gasteiger partial charge in [-0.15, -0.1) is 0 Å². The Morgan fingerprint density at radius 1 is 1.11 bits per heavy atom. The third kappa shape index (κ3) is 5.34. The van der Waals surface area contributed by atoms with E-state index in [1.165, 1.54) is 0 Å². The third-order valence-electron chi connectivity index (χ3n) is 2.35. The van der Waals surface area contributed by atoms with Crippen LogP contribution in [0.15, 0.2) is 18.2 Å². The van der Waals surface area contributed by atoms with Gasteiger partial charge in [-0.25, -0.2) is 0 Å². The summed E-state index contributed by atoms with van der Waals surface area (Å²) in [5.74, 6) is 1.52. The van der Waals surface area contributed by atoms with E-state index >= 15 is 0 Å². The quantitative estimate of drug-likeness (QED) is 0.752. The lowest BCUT2D eigenvalue weighted by atomic mass is 10.2. The minimum Gasteiger partial charge on any atom is -0.490 e. The maximum absolute atomic E-state index is 5.71. The van der Waals surface area contributed by atoms with E-state index in [1.54, 1.807) is 7.05 Å².